The highest BCUT2D eigenvalue weighted by Gasteiger charge is 2.13. The summed E-state index contributed by atoms with van der Waals surface area (Å²) in [4.78, 5) is 29.1. The minimum absolute atomic E-state index is 0.0315. The molecule has 5 nitrogen and oxygen atoms in total. The predicted molar refractivity (Wildman–Crippen MR) is 107 cm³/mol. The van der Waals surface area contributed by atoms with Crippen LogP contribution in [0, 0.1) is 13.8 Å². The zero-order chi connectivity index (χ0) is 19.4. The Morgan fingerprint density at radius 2 is 1.81 bits per heavy atom. The van der Waals surface area contributed by atoms with E-state index in [1.165, 1.54) is 18.4 Å². The number of rotatable bonds is 5. The Morgan fingerprint density at radius 3 is 2.52 bits per heavy atom. The maximum absolute atomic E-state index is 12.4. The third kappa shape index (κ3) is 4.52. The molecule has 3 aromatic rings. The van der Waals surface area contributed by atoms with Gasteiger partial charge in [0.1, 0.15) is 6.54 Å². The van der Waals surface area contributed by atoms with Crippen molar-refractivity contribution in [2.75, 3.05) is 7.11 Å². The van der Waals surface area contributed by atoms with Crippen molar-refractivity contribution in [3.63, 3.8) is 0 Å². The molecule has 0 saturated carbocycles. The van der Waals surface area contributed by atoms with Crippen LogP contribution in [0.4, 0.5) is 0 Å². The van der Waals surface area contributed by atoms with Crippen molar-refractivity contribution >= 4 is 33.4 Å². The van der Waals surface area contributed by atoms with Gasteiger partial charge in [-0.2, -0.15) is 4.99 Å². The van der Waals surface area contributed by atoms with Crippen molar-refractivity contribution < 1.29 is 14.3 Å². The zero-order valence-corrected chi connectivity index (χ0v) is 16.5. The number of benzene rings is 2. The number of methoxy groups -OCH3 is 1. The summed E-state index contributed by atoms with van der Waals surface area (Å²) in [5.41, 5.74) is 4.28. The van der Waals surface area contributed by atoms with E-state index in [1.807, 2.05) is 50.2 Å². The van der Waals surface area contributed by atoms with Crippen LogP contribution < -0.4 is 4.80 Å². The molecular formula is C21H22N2O3S. The number of carbonyl (C=O) groups excluding carboxylic acids is 2. The van der Waals surface area contributed by atoms with Crippen molar-refractivity contribution in [2.24, 2.45) is 4.99 Å². The van der Waals surface area contributed by atoms with E-state index < -0.39 is 0 Å². The van der Waals surface area contributed by atoms with E-state index >= 15 is 0 Å². The Bertz CT molecular complexity index is 1050. The molecule has 1 aromatic heterocycles. The Labute approximate surface area is 161 Å². The van der Waals surface area contributed by atoms with E-state index in [1.54, 1.807) is 4.57 Å². The van der Waals surface area contributed by atoms with Crippen LogP contribution in [0.15, 0.2) is 47.5 Å². The first-order valence-electron chi connectivity index (χ1n) is 8.77. The van der Waals surface area contributed by atoms with Crippen molar-refractivity contribution in [1.82, 2.24) is 4.57 Å². The fraction of sp³-hybridized carbons (Fsp3) is 0.286. The highest BCUT2D eigenvalue weighted by Crippen LogP contribution is 2.22. The molecule has 140 valence electrons. The highest BCUT2D eigenvalue weighted by atomic mass is 32.1. The van der Waals surface area contributed by atoms with Crippen LogP contribution in [0.1, 0.15) is 23.1 Å². The van der Waals surface area contributed by atoms with Crippen LogP contribution in [0.2, 0.25) is 0 Å². The lowest BCUT2D eigenvalue weighted by molar-refractivity contribution is -0.141. The van der Waals surface area contributed by atoms with E-state index in [9.17, 15) is 9.59 Å². The second-order valence-electron chi connectivity index (χ2n) is 6.44. The van der Waals surface area contributed by atoms with E-state index in [-0.39, 0.29) is 18.4 Å². The quantitative estimate of drug-likeness (QED) is 0.634. The summed E-state index contributed by atoms with van der Waals surface area (Å²) in [7, 11) is 1.36. The summed E-state index contributed by atoms with van der Waals surface area (Å²) >= 11 is 1.42. The molecule has 1 heterocycles. The normalized spacial score (nSPS) is 11.7. The molecule has 0 bridgehead atoms. The summed E-state index contributed by atoms with van der Waals surface area (Å²) in [6.45, 7) is 4.10. The average Bonchev–Trinajstić information content (AvgIpc) is 2.97. The predicted octanol–water partition coefficient (Wildman–Crippen LogP) is 3.55. The van der Waals surface area contributed by atoms with Gasteiger partial charge in [0.15, 0.2) is 4.80 Å². The Balaban J connectivity index is 1.95. The third-order valence-electron chi connectivity index (χ3n) is 4.50. The number of hydrogen-bond acceptors (Lipinski definition) is 4. The fourth-order valence-electron chi connectivity index (χ4n) is 2.81. The number of fused-ring (bicyclic) bond motifs is 1. The lowest BCUT2D eigenvalue weighted by atomic mass is 10.1. The zero-order valence-electron chi connectivity index (χ0n) is 15.7. The van der Waals surface area contributed by atoms with Gasteiger partial charge in [-0.3, -0.25) is 9.59 Å². The van der Waals surface area contributed by atoms with Gasteiger partial charge in [0.2, 0.25) is 5.91 Å². The third-order valence-corrected chi connectivity index (χ3v) is 5.54. The Morgan fingerprint density at radius 1 is 1.11 bits per heavy atom. The SMILES string of the molecule is COC(=O)Cn1c(=NC(=O)CCc2ccccc2)sc2cc(C)c(C)cc21. The monoisotopic (exact) mass is 382 g/mol. The lowest BCUT2D eigenvalue weighted by Crippen LogP contribution is -2.22. The lowest BCUT2D eigenvalue weighted by Gasteiger charge is -2.05. The van der Waals surface area contributed by atoms with Gasteiger partial charge < -0.3 is 9.30 Å². The highest BCUT2D eigenvalue weighted by molar-refractivity contribution is 7.16. The average molecular weight is 382 g/mol. The minimum atomic E-state index is -0.369. The van der Waals surface area contributed by atoms with Crippen LogP contribution in [0.3, 0.4) is 0 Å². The number of aromatic nitrogens is 1. The molecule has 0 saturated heterocycles. The molecule has 3 rings (SSSR count). The van der Waals surface area contributed by atoms with Crippen LogP contribution in [0.25, 0.3) is 10.2 Å². The smallest absolute Gasteiger partial charge is 0.325 e. The molecule has 0 unspecified atom stereocenters. The van der Waals surface area contributed by atoms with Gasteiger partial charge in [-0.25, -0.2) is 0 Å². The van der Waals surface area contributed by atoms with Crippen LogP contribution in [0.5, 0.6) is 0 Å². The molecule has 0 fully saturated rings. The number of esters is 1. The van der Waals surface area contributed by atoms with E-state index in [0.29, 0.717) is 17.6 Å². The molecule has 0 N–H and O–H groups in total. The number of ether oxygens (including phenoxy) is 1. The molecule has 6 heteroatoms. The molecule has 27 heavy (non-hydrogen) atoms. The van der Waals surface area contributed by atoms with Gasteiger partial charge in [-0.05, 0) is 49.1 Å². The first-order valence-corrected chi connectivity index (χ1v) is 9.58. The first-order chi connectivity index (χ1) is 13.0. The molecule has 0 aliphatic rings. The van der Waals surface area contributed by atoms with E-state index in [0.717, 1.165) is 26.9 Å². The number of thiazole rings is 1. The molecule has 0 aliphatic carbocycles. The molecule has 0 aliphatic heterocycles. The molecule has 0 radical (unpaired) electrons. The number of carbonyl (C=O) groups is 2. The fourth-order valence-corrected chi connectivity index (χ4v) is 3.94. The van der Waals surface area contributed by atoms with Crippen molar-refractivity contribution in [3.05, 3.63) is 64.0 Å². The summed E-state index contributed by atoms with van der Waals surface area (Å²) in [5.74, 6) is -0.566. The number of aryl methyl sites for hydroxylation is 3. The van der Waals surface area contributed by atoms with Gasteiger partial charge in [-0.1, -0.05) is 41.7 Å². The summed E-state index contributed by atoms with van der Waals surface area (Å²) in [6, 6.07) is 13.9. The number of hydrogen-bond donors (Lipinski definition) is 0. The van der Waals surface area contributed by atoms with E-state index in [4.69, 9.17) is 4.74 Å². The van der Waals surface area contributed by atoms with Gasteiger partial charge in [0.05, 0.1) is 17.3 Å². The summed E-state index contributed by atoms with van der Waals surface area (Å²) < 4.78 is 7.57. The largest absolute Gasteiger partial charge is 0.468 e. The maximum atomic E-state index is 12.4. The standard InChI is InChI=1S/C21H22N2O3S/c1-14-11-17-18(12-15(14)2)27-21(23(17)13-20(25)26-3)22-19(24)10-9-16-7-5-4-6-8-16/h4-8,11-12H,9-10,13H2,1-3H3. The summed E-state index contributed by atoms with van der Waals surface area (Å²) in [6.07, 6.45) is 0.970. The van der Waals surface area contributed by atoms with Crippen molar-refractivity contribution in [2.45, 2.75) is 33.2 Å². The first kappa shape index (κ1) is 19.0. The molecule has 0 atom stereocenters. The van der Waals surface area contributed by atoms with Crippen LogP contribution in [-0.2, 0) is 27.3 Å². The van der Waals surface area contributed by atoms with Crippen molar-refractivity contribution in [1.29, 1.82) is 0 Å². The van der Waals surface area contributed by atoms with Crippen molar-refractivity contribution in [3.8, 4) is 0 Å². The van der Waals surface area contributed by atoms with Crippen LogP contribution >= 0.6 is 11.3 Å². The van der Waals surface area contributed by atoms with Gasteiger partial charge >= 0.3 is 5.97 Å². The minimum Gasteiger partial charge on any atom is -0.468 e. The Kier molecular flexibility index (Phi) is 5.86. The molecular weight excluding hydrogens is 360 g/mol. The molecule has 2 aromatic carbocycles. The second kappa shape index (κ2) is 8.31. The number of amides is 1. The van der Waals surface area contributed by atoms with Crippen LogP contribution in [-0.4, -0.2) is 23.6 Å². The summed E-state index contributed by atoms with van der Waals surface area (Å²) in [5, 5.41) is 0. The van der Waals surface area contributed by atoms with Gasteiger partial charge in [-0.15, -0.1) is 0 Å². The topological polar surface area (TPSA) is 60.7 Å². The maximum Gasteiger partial charge on any atom is 0.325 e. The number of nitrogens with zero attached hydrogens (tertiary/aromatic N) is 2. The van der Waals surface area contributed by atoms with Gasteiger partial charge in [0.25, 0.3) is 0 Å². The molecule has 1 amide bonds. The molecule has 0 spiro atoms. The van der Waals surface area contributed by atoms with E-state index in [2.05, 4.69) is 11.1 Å². The second-order valence-corrected chi connectivity index (χ2v) is 7.45. The Hall–Kier alpha value is -2.73. The van der Waals surface area contributed by atoms with Gasteiger partial charge in [0, 0.05) is 6.42 Å².